The smallest absolute Gasteiger partial charge is 0.271 e. The van der Waals surface area contributed by atoms with Gasteiger partial charge < -0.3 is 14.6 Å². The maximum Gasteiger partial charge on any atom is 0.271 e. The number of nitrogens with zero attached hydrogens (tertiary/aromatic N) is 2. The van der Waals surface area contributed by atoms with Crippen LogP contribution < -0.4 is 5.32 Å². The molecule has 0 bridgehead atoms. The zero-order chi connectivity index (χ0) is 16.1. The maximum atomic E-state index is 12.5. The minimum Gasteiger partial charge on any atom is -0.383 e. The van der Waals surface area contributed by atoms with Gasteiger partial charge in [0.25, 0.3) is 5.91 Å². The monoisotopic (exact) mass is 313 g/mol. The molecule has 1 aromatic carbocycles. The average molecular weight is 313 g/mol. The van der Waals surface area contributed by atoms with Crippen LogP contribution in [0, 0.1) is 0 Å². The quantitative estimate of drug-likeness (QED) is 0.863. The topological polar surface area (TPSA) is 56.1 Å². The Kier molecular flexibility index (Phi) is 5.08. The van der Waals surface area contributed by atoms with E-state index in [0.29, 0.717) is 18.8 Å². The van der Waals surface area contributed by atoms with Crippen molar-refractivity contribution in [1.29, 1.82) is 0 Å². The minimum absolute atomic E-state index is 0.102. The molecule has 5 heteroatoms. The van der Waals surface area contributed by atoms with Crippen molar-refractivity contribution >= 4 is 5.91 Å². The first kappa shape index (κ1) is 15.7. The number of amides is 1. The van der Waals surface area contributed by atoms with Crippen LogP contribution in [0.3, 0.4) is 0 Å². The molecule has 0 atom stereocenters. The first-order chi connectivity index (χ1) is 11.3. The van der Waals surface area contributed by atoms with Crippen molar-refractivity contribution in [2.45, 2.75) is 32.2 Å². The van der Waals surface area contributed by atoms with Gasteiger partial charge in [0.15, 0.2) is 0 Å². The summed E-state index contributed by atoms with van der Waals surface area (Å²) in [5.74, 6) is 0.800. The molecule has 0 radical (unpaired) electrons. The molecule has 0 saturated carbocycles. The van der Waals surface area contributed by atoms with E-state index >= 15 is 0 Å². The number of hydrogen-bond acceptors (Lipinski definition) is 3. The van der Waals surface area contributed by atoms with Crippen molar-refractivity contribution in [1.82, 2.24) is 14.9 Å². The second-order valence-corrected chi connectivity index (χ2v) is 5.81. The fourth-order valence-corrected chi connectivity index (χ4v) is 3.06. The molecule has 1 aliphatic heterocycles. The van der Waals surface area contributed by atoms with Gasteiger partial charge in [-0.15, -0.1) is 0 Å². The Morgan fingerprint density at radius 1 is 1.26 bits per heavy atom. The Morgan fingerprint density at radius 2 is 2.09 bits per heavy atom. The van der Waals surface area contributed by atoms with Crippen LogP contribution in [0.5, 0.6) is 0 Å². The minimum atomic E-state index is -0.102. The third-order valence-electron chi connectivity index (χ3n) is 4.21. The highest BCUT2D eigenvalue weighted by molar-refractivity contribution is 5.94. The van der Waals surface area contributed by atoms with Crippen molar-refractivity contribution in [3.8, 4) is 11.4 Å². The molecule has 0 fully saturated rings. The highest BCUT2D eigenvalue weighted by Crippen LogP contribution is 2.27. The summed E-state index contributed by atoms with van der Waals surface area (Å²) in [4.78, 5) is 17.2. The van der Waals surface area contributed by atoms with Gasteiger partial charge in [0.2, 0.25) is 0 Å². The molecule has 5 nitrogen and oxygen atoms in total. The highest BCUT2D eigenvalue weighted by atomic mass is 16.5. The molecule has 0 unspecified atom stereocenters. The van der Waals surface area contributed by atoms with Gasteiger partial charge in [0.05, 0.1) is 12.3 Å². The van der Waals surface area contributed by atoms with Crippen LogP contribution in [0.4, 0.5) is 0 Å². The lowest BCUT2D eigenvalue weighted by atomic mass is 10.1. The number of aromatic nitrogens is 2. The standard InChI is InChI=1S/C18H23N3O2/c1-23-13-11-19-18(22)16-15-10-6-3-7-12-21(15)17(20-16)14-8-4-2-5-9-14/h2,4-5,8-9H,3,6-7,10-13H2,1H3,(H,19,22). The predicted octanol–water partition coefficient (Wildman–Crippen LogP) is 2.65. The molecular formula is C18H23N3O2. The summed E-state index contributed by atoms with van der Waals surface area (Å²) in [6.45, 7) is 1.94. The van der Waals surface area contributed by atoms with E-state index in [9.17, 15) is 4.79 Å². The van der Waals surface area contributed by atoms with Gasteiger partial charge in [0, 0.05) is 25.8 Å². The van der Waals surface area contributed by atoms with Crippen LogP contribution in [0.15, 0.2) is 30.3 Å². The Morgan fingerprint density at radius 3 is 2.87 bits per heavy atom. The molecule has 2 heterocycles. The fraction of sp³-hybridized carbons (Fsp3) is 0.444. The second kappa shape index (κ2) is 7.42. The van der Waals surface area contributed by atoms with E-state index < -0.39 is 0 Å². The number of hydrogen-bond donors (Lipinski definition) is 1. The van der Waals surface area contributed by atoms with E-state index in [4.69, 9.17) is 9.72 Å². The van der Waals surface area contributed by atoms with E-state index in [1.165, 1.54) is 6.42 Å². The van der Waals surface area contributed by atoms with Crippen LogP contribution in [0.25, 0.3) is 11.4 Å². The number of rotatable bonds is 5. The number of benzene rings is 1. The molecule has 1 amide bonds. The summed E-state index contributed by atoms with van der Waals surface area (Å²) in [6, 6.07) is 10.1. The van der Waals surface area contributed by atoms with E-state index in [1.54, 1.807) is 7.11 Å². The summed E-state index contributed by atoms with van der Waals surface area (Å²) in [7, 11) is 1.63. The lowest BCUT2D eigenvalue weighted by molar-refractivity contribution is 0.0931. The Bertz CT molecular complexity index is 664. The maximum absolute atomic E-state index is 12.5. The van der Waals surface area contributed by atoms with E-state index in [-0.39, 0.29) is 5.91 Å². The van der Waals surface area contributed by atoms with E-state index in [1.807, 2.05) is 30.3 Å². The summed E-state index contributed by atoms with van der Waals surface area (Å²) < 4.78 is 7.22. The van der Waals surface area contributed by atoms with E-state index in [2.05, 4.69) is 9.88 Å². The van der Waals surface area contributed by atoms with Crippen molar-refractivity contribution in [2.24, 2.45) is 0 Å². The summed E-state index contributed by atoms with van der Waals surface area (Å²) >= 11 is 0. The molecule has 2 aromatic rings. The normalized spacial score (nSPS) is 14.1. The summed E-state index contributed by atoms with van der Waals surface area (Å²) in [5, 5.41) is 2.90. The molecule has 122 valence electrons. The number of carbonyl (C=O) groups is 1. The molecule has 1 N–H and O–H groups in total. The number of fused-ring (bicyclic) bond motifs is 1. The van der Waals surface area contributed by atoms with Crippen molar-refractivity contribution in [3.05, 3.63) is 41.7 Å². The number of methoxy groups -OCH3 is 1. The van der Waals surface area contributed by atoms with E-state index in [0.717, 1.165) is 42.9 Å². The number of imidazole rings is 1. The Balaban J connectivity index is 1.96. The molecule has 0 aliphatic carbocycles. The molecule has 3 rings (SSSR count). The summed E-state index contributed by atoms with van der Waals surface area (Å²) in [5.41, 5.74) is 2.70. The largest absolute Gasteiger partial charge is 0.383 e. The van der Waals surface area contributed by atoms with Gasteiger partial charge in [-0.05, 0) is 19.3 Å². The Hall–Kier alpha value is -2.14. The number of carbonyl (C=O) groups excluding carboxylic acids is 1. The van der Waals surface area contributed by atoms with Crippen LogP contribution >= 0.6 is 0 Å². The number of nitrogens with one attached hydrogen (secondary N) is 1. The first-order valence-electron chi connectivity index (χ1n) is 8.23. The van der Waals surface area contributed by atoms with Crippen molar-refractivity contribution < 1.29 is 9.53 Å². The predicted molar refractivity (Wildman–Crippen MR) is 89.4 cm³/mol. The second-order valence-electron chi connectivity index (χ2n) is 5.81. The SMILES string of the molecule is COCCNC(=O)c1nc(-c2ccccc2)n2c1CCCCC2. The molecular weight excluding hydrogens is 290 g/mol. The van der Waals surface area contributed by atoms with Gasteiger partial charge in [-0.2, -0.15) is 0 Å². The van der Waals surface area contributed by atoms with Crippen LogP contribution in [-0.2, 0) is 17.7 Å². The van der Waals surface area contributed by atoms with Gasteiger partial charge in [-0.25, -0.2) is 4.98 Å². The molecule has 1 aliphatic rings. The Labute approximate surface area is 136 Å². The fourth-order valence-electron chi connectivity index (χ4n) is 3.06. The number of ether oxygens (including phenoxy) is 1. The van der Waals surface area contributed by atoms with Crippen molar-refractivity contribution in [2.75, 3.05) is 20.3 Å². The van der Waals surface area contributed by atoms with Gasteiger partial charge in [0.1, 0.15) is 11.5 Å². The van der Waals surface area contributed by atoms with Gasteiger partial charge in [-0.3, -0.25) is 4.79 Å². The van der Waals surface area contributed by atoms with Crippen molar-refractivity contribution in [3.63, 3.8) is 0 Å². The zero-order valence-corrected chi connectivity index (χ0v) is 13.5. The average Bonchev–Trinajstić information content (AvgIpc) is 2.77. The summed E-state index contributed by atoms with van der Waals surface area (Å²) in [6.07, 6.45) is 4.35. The zero-order valence-electron chi connectivity index (χ0n) is 13.5. The molecule has 0 saturated heterocycles. The van der Waals surface area contributed by atoms with Gasteiger partial charge >= 0.3 is 0 Å². The first-order valence-corrected chi connectivity index (χ1v) is 8.23. The lowest BCUT2D eigenvalue weighted by Crippen LogP contribution is -2.28. The van der Waals surface area contributed by atoms with Crippen LogP contribution in [-0.4, -0.2) is 35.7 Å². The lowest BCUT2D eigenvalue weighted by Gasteiger charge is -2.09. The molecule has 0 spiro atoms. The third-order valence-corrected chi connectivity index (χ3v) is 4.21. The highest BCUT2D eigenvalue weighted by Gasteiger charge is 2.23. The molecule has 23 heavy (non-hydrogen) atoms. The van der Waals surface area contributed by atoms with Crippen LogP contribution in [0.1, 0.15) is 35.4 Å². The molecule has 1 aromatic heterocycles. The third kappa shape index (κ3) is 3.45. The van der Waals surface area contributed by atoms with Crippen LogP contribution in [0.2, 0.25) is 0 Å². The van der Waals surface area contributed by atoms with Gasteiger partial charge in [-0.1, -0.05) is 36.8 Å².